The smallest absolute Gasteiger partial charge is 0.254 e. The lowest BCUT2D eigenvalue weighted by molar-refractivity contribution is 0.0735. The molecule has 0 aliphatic carbocycles. The lowest BCUT2D eigenvalue weighted by Crippen LogP contribution is -2.35. The Labute approximate surface area is 236 Å². The van der Waals surface area contributed by atoms with Crippen molar-refractivity contribution in [2.75, 3.05) is 6.54 Å². The van der Waals surface area contributed by atoms with Gasteiger partial charge in [0.1, 0.15) is 5.01 Å². The molecule has 6 rings (SSSR count). The van der Waals surface area contributed by atoms with E-state index in [0.717, 1.165) is 40.4 Å². The summed E-state index contributed by atoms with van der Waals surface area (Å²) in [6.07, 6.45) is 4.11. The average Bonchev–Trinajstić information content (AvgIpc) is 3.74. The third kappa shape index (κ3) is 5.30. The Morgan fingerprint density at radius 1 is 1.10 bits per heavy atom. The summed E-state index contributed by atoms with van der Waals surface area (Å²) < 4.78 is 6.15. The SMILES string of the molecule is Cc1csc([C@H]2CCCN2C(=O)c2cc(-c3ccccn3)cc(-c3nnc([C@](C)(N)Cc4ccccc4)o3)c2)n1. The summed E-state index contributed by atoms with van der Waals surface area (Å²) >= 11 is 1.61. The summed E-state index contributed by atoms with van der Waals surface area (Å²) in [6.45, 7) is 4.54. The molecule has 0 radical (unpaired) electrons. The molecule has 2 atom stereocenters. The van der Waals surface area contributed by atoms with Crippen molar-refractivity contribution < 1.29 is 9.21 Å². The molecular weight excluding hydrogens is 520 g/mol. The fraction of sp³-hybridized carbons (Fsp3) is 0.258. The molecule has 2 aromatic carbocycles. The van der Waals surface area contributed by atoms with E-state index in [-0.39, 0.29) is 11.9 Å². The van der Waals surface area contributed by atoms with Crippen LogP contribution in [0.4, 0.5) is 0 Å². The Morgan fingerprint density at radius 3 is 2.65 bits per heavy atom. The van der Waals surface area contributed by atoms with Crippen molar-refractivity contribution in [2.45, 2.75) is 44.7 Å². The largest absolute Gasteiger partial charge is 0.419 e. The molecule has 0 bridgehead atoms. The summed E-state index contributed by atoms with van der Waals surface area (Å²) in [5.74, 6) is 0.586. The van der Waals surface area contributed by atoms with E-state index in [1.54, 1.807) is 17.5 Å². The third-order valence-electron chi connectivity index (χ3n) is 7.15. The summed E-state index contributed by atoms with van der Waals surface area (Å²) in [5, 5.41) is 11.7. The number of nitrogens with two attached hydrogens (primary N) is 1. The van der Waals surface area contributed by atoms with Gasteiger partial charge >= 0.3 is 0 Å². The number of carbonyl (C=O) groups excluding carboxylic acids is 1. The van der Waals surface area contributed by atoms with Crippen LogP contribution in [-0.2, 0) is 12.0 Å². The molecule has 8 nitrogen and oxygen atoms in total. The fourth-order valence-electron chi connectivity index (χ4n) is 5.18. The zero-order valence-electron chi connectivity index (χ0n) is 22.4. The van der Waals surface area contributed by atoms with Crippen LogP contribution in [0.3, 0.4) is 0 Å². The first-order valence-electron chi connectivity index (χ1n) is 13.3. The van der Waals surface area contributed by atoms with Crippen LogP contribution in [0.15, 0.2) is 82.7 Å². The molecule has 1 fully saturated rings. The maximum Gasteiger partial charge on any atom is 0.254 e. The zero-order valence-corrected chi connectivity index (χ0v) is 23.3. The molecule has 0 unspecified atom stereocenters. The molecule has 0 spiro atoms. The molecule has 1 aliphatic heterocycles. The lowest BCUT2D eigenvalue weighted by Gasteiger charge is -2.23. The van der Waals surface area contributed by atoms with E-state index in [1.165, 1.54) is 0 Å². The number of likely N-dealkylation sites (tertiary alicyclic amines) is 1. The predicted octanol–water partition coefficient (Wildman–Crippen LogP) is 5.96. The molecule has 40 heavy (non-hydrogen) atoms. The minimum absolute atomic E-state index is 0.0286. The Bertz CT molecular complexity index is 1630. The number of carbonyl (C=O) groups is 1. The fourth-order valence-corrected chi connectivity index (χ4v) is 6.12. The van der Waals surface area contributed by atoms with Gasteiger partial charge in [-0.1, -0.05) is 36.4 Å². The average molecular weight is 551 g/mol. The van der Waals surface area contributed by atoms with Crippen LogP contribution in [0.2, 0.25) is 0 Å². The highest BCUT2D eigenvalue weighted by Crippen LogP contribution is 2.36. The number of hydrogen-bond acceptors (Lipinski definition) is 8. The van der Waals surface area contributed by atoms with E-state index in [0.29, 0.717) is 35.9 Å². The van der Waals surface area contributed by atoms with E-state index in [2.05, 4.69) is 20.2 Å². The van der Waals surface area contributed by atoms with Crippen LogP contribution >= 0.6 is 11.3 Å². The molecule has 1 amide bonds. The van der Waals surface area contributed by atoms with Crippen LogP contribution < -0.4 is 5.73 Å². The topological polar surface area (TPSA) is 111 Å². The standard InChI is InChI=1S/C31H30N6O2S/c1-20-19-40-28(34-20)26-12-8-14-37(26)29(38)24-16-22(25-11-6-7-13-33-25)15-23(17-24)27-35-36-30(39-27)31(2,32)18-21-9-4-3-5-10-21/h3-7,9-11,13,15-17,19,26H,8,12,14,18,32H2,1-2H3/t26-,31-/m1/s1. The van der Waals surface area contributed by atoms with Crippen LogP contribution in [-0.4, -0.2) is 37.5 Å². The molecule has 1 aliphatic rings. The van der Waals surface area contributed by atoms with Crippen LogP contribution in [0, 0.1) is 6.92 Å². The highest BCUT2D eigenvalue weighted by molar-refractivity contribution is 7.09. The number of aryl methyl sites for hydroxylation is 1. The van der Waals surface area contributed by atoms with Crippen LogP contribution in [0.1, 0.15) is 58.3 Å². The van der Waals surface area contributed by atoms with Gasteiger partial charge in [0, 0.05) is 40.5 Å². The maximum atomic E-state index is 14.0. The molecule has 5 aromatic rings. The van der Waals surface area contributed by atoms with Gasteiger partial charge in [0.25, 0.3) is 5.91 Å². The molecule has 202 valence electrons. The van der Waals surface area contributed by atoms with Gasteiger partial charge in [-0.05, 0) is 69.0 Å². The number of pyridine rings is 1. The highest BCUT2D eigenvalue weighted by atomic mass is 32.1. The Hall–Kier alpha value is -4.21. The van der Waals surface area contributed by atoms with Crippen LogP contribution in [0.5, 0.6) is 0 Å². The zero-order chi connectivity index (χ0) is 27.7. The molecule has 2 N–H and O–H groups in total. The first-order valence-corrected chi connectivity index (χ1v) is 14.2. The molecule has 4 heterocycles. The number of thiazole rings is 1. The van der Waals surface area contributed by atoms with E-state index >= 15 is 0 Å². The Morgan fingerprint density at radius 2 is 1.90 bits per heavy atom. The van der Waals surface area contributed by atoms with Crippen molar-refractivity contribution in [3.63, 3.8) is 0 Å². The summed E-state index contributed by atoms with van der Waals surface area (Å²) in [7, 11) is 0. The number of aromatic nitrogens is 4. The second-order valence-electron chi connectivity index (χ2n) is 10.5. The maximum absolute atomic E-state index is 14.0. The van der Waals surface area contributed by atoms with E-state index in [4.69, 9.17) is 10.2 Å². The minimum Gasteiger partial charge on any atom is -0.419 e. The summed E-state index contributed by atoms with van der Waals surface area (Å²) in [4.78, 5) is 25.1. The highest BCUT2D eigenvalue weighted by Gasteiger charge is 2.33. The lowest BCUT2D eigenvalue weighted by atomic mass is 9.94. The molecule has 3 aromatic heterocycles. The van der Waals surface area contributed by atoms with Crippen molar-refractivity contribution in [1.29, 1.82) is 0 Å². The van der Waals surface area contributed by atoms with Gasteiger partial charge in [-0.2, -0.15) is 0 Å². The molecule has 9 heteroatoms. The van der Waals surface area contributed by atoms with Gasteiger partial charge in [0.2, 0.25) is 11.8 Å². The Balaban J connectivity index is 1.36. The molecule has 0 saturated carbocycles. The van der Waals surface area contributed by atoms with E-state index in [9.17, 15) is 4.79 Å². The first kappa shape index (κ1) is 26.0. The van der Waals surface area contributed by atoms with Crippen LogP contribution in [0.25, 0.3) is 22.7 Å². The normalized spacial score (nSPS) is 16.7. The van der Waals surface area contributed by atoms with Crippen molar-refractivity contribution >= 4 is 17.2 Å². The first-order chi connectivity index (χ1) is 19.4. The van der Waals surface area contributed by atoms with Gasteiger partial charge < -0.3 is 15.1 Å². The second-order valence-corrected chi connectivity index (χ2v) is 11.4. The predicted molar refractivity (Wildman–Crippen MR) is 155 cm³/mol. The van der Waals surface area contributed by atoms with E-state index < -0.39 is 5.54 Å². The minimum atomic E-state index is -0.863. The van der Waals surface area contributed by atoms with Crippen molar-refractivity contribution in [1.82, 2.24) is 25.1 Å². The van der Waals surface area contributed by atoms with Gasteiger partial charge in [0.05, 0.1) is 17.3 Å². The number of rotatable bonds is 7. The van der Waals surface area contributed by atoms with E-state index in [1.807, 2.05) is 90.9 Å². The molecule has 1 saturated heterocycles. The third-order valence-corrected chi connectivity index (χ3v) is 8.21. The number of nitrogens with zero attached hydrogens (tertiary/aromatic N) is 5. The van der Waals surface area contributed by atoms with Crippen molar-refractivity contribution in [3.8, 4) is 22.7 Å². The monoisotopic (exact) mass is 550 g/mol. The number of amides is 1. The Kier molecular flexibility index (Phi) is 7.00. The van der Waals surface area contributed by atoms with Gasteiger partial charge in [-0.25, -0.2) is 4.98 Å². The second kappa shape index (κ2) is 10.7. The van der Waals surface area contributed by atoms with Crippen molar-refractivity contribution in [3.05, 3.63) is 106 Å². The van der Waals surface area contributed by atoms with Gasteiger partial charge in [-0.15, -0.1) is 21.5 Å². The number of benzene rings is 2. The summed E-state index contributed by atoms with van der Waals surface area (Å²) in [6, 6.07) is 21.3. The number of hydrogen-bond donors (Lipinski definition) is 1. The quantitative estimate of drug-likeness (QED) is 0.266. The van der Waals surface area contributed by atoms with Gasteiger partial charge in [0.15, 0.2) is 0 Å². The molecular formula is C31H30N6O2S. The van der Waals surface area contributed by atoms with Crippen molar-refractivity contribution in [2.24, 2.45) is 5.73 Å². The summed E-state index contributed by atoms with van der Waals surface area (Å²) in [5.41, 5.74) is 10.6. The van der Waals surface area contributed by atoms with Gasteiger partial charge in [-0.3, -0.25) is 9.78 Å².